The second-order valence-corrected chi connectivity index (χ2v) is 8.25. The Hall–Kier alpha value is -1.27. The standard InChI is InChI=1S/C15H27N3O2S/c1-11(2)9-12(3)18(6)15-10-13(7-8-14(15)16)21(19,20)17(4)5/h7-8,10-12H,9,16H2,1-6H3. The minimum atomic E-state index is -3.45. The number of nitrogen functional groups attached to an aromatic ring is 1. The van der Waals surface area contributed by atoms with E-state index >= 15 is 0 Å². The first-order valence-electron chi connectivity index (χ1n) is 7.12. The second kappa shape index (κ2) is 6.66. The van der Waals surface area contributed by atoms with Crippen LogP contribution in [-0.4, -0.2) is 39.9 Å². The van der Waals surface area contributed by atoms with Gasteiger partial charge in [0.15, 0.2) is 0 Å². The molecule has 0 spiro atoms. The van der Waals surface area contributed by atoms with Crippen molar-refractivity contribution in [1.29, 1.82) is 0 Å². The fraction of sp³-hybridized carbons (Fsp3) is 0.600. The average Bonchev–Trinajstić information content (AvgIpc) is 2.37. The van der Waals surface area contributed by atoms with Crippen LogP contribution in [0.1, 0.15) is 27.2 Å². The third-order valence-corrected chi connectivity index (χ3v) is 5.45. The van der Waals surface area contributed by atoms with Gasteiger partial charge in [0.2, 0.25) is 10.0 Å². The van der Waals surface area contributed by atoms with Gasteiger partial charge in [-0.3, -0.25) is 0 Å². The lowest BCUT2D eigenvalue weighted by Gasteiger charge is -2.30. The molecule has 1 atom stereocenters. The van der Waals surface area contributed by atoms with E-state index in [1.54, 1.807) is 18.2 Å². The van der Waals surface area contributed by atoms with Crippen LogP contribution in [-0.2, 0) is 10.0 Å². The SMILES string of the molecule is CC(C)CC(C)N(C)c1cc(S(=O)(=O)N(C)C)ccc1N. The highest BCUT2D eigenvalue weighted by atomic mass is 32.2. The monoisotopic (exact) mass is 313 g/mol. The molecule has 0 aliphatic rings. The molecule has 0 bridgehead atoms. The summed E-state index contributed by atoms with van der Waals surface area (Å²) in [6, 6.07) is 5.14. The molecule has 21 heavy (non-hydrogen) atoms. The lowest BCUT2D eigenvalue weighted by molar-refractivity contribution is 0.503. The Kier molecular flexibility index (Phi) is 5.64. The van der Waals surface area contributed by atoms with Gasteiger partial charge in [-0.1, -0.05) is 13.8 Å². The predicted octanol–water partition coefficient (Wildman–Crippen LogP) is 2.39. The first-order valence-corrected chi connectivity index (χ1v) is 8.56. The highest BCUT2D eigenvalue weighted by molar-refractivity contribution is 7.89. The Bertz CT molecular complexity index is 583. The molecule has 5 nitrogen and oxygen atoms in total. The molecule has 0 aliphatic heterocycles. The number of nitrogens with two attached hydrogens (primary N) is 1. The predicted molar refractivity (Wildman–Crippen MR) is 89.0 cm³/mol. The Morgan fingerprint density at radius 3 is 2.19 bits per heavy atom. The van der Waals surface area contributed by atoms with Gasteiger partial charge in [-0.15, -0.1) is 0 Å². The zero-order valence-corrected chi connectivity index (χ0v) is 14.6. The van der Waals surface area contributed by atoms with E-state index in [2.05, 4.69) is 20.8 Å². The molecule has 0 amide bonds. The molecule has 1 aromatic carbocycles. The molecule has 2 N–H and O–H groups in total. The first-order chi connectivity index (χ1) is 9.57. The summed E-state index contributed by atoms with van der Waals surface area (Å²) in [6.07, 6.45) is 1.01. The molecular weight excluding hydrogens is 286 g/mol. The zero-order valence-electron chi connectivity index (χ0n) is 13.8. The first kappa shape index (κ1) is 17.8. The average molecular weight is 313 g/mol. The molecule has 0 aliphatic carbocycles. The zero-order chi connectivity index (χ0) is 16.4. The summed E-state index contributed by atoms with van der Waals surface area (Å²) in [5.41, 5.74) is 7.37. The molecule has 0 saturated carbocycles. The number of nitrogens with zero attached hydrogens (tertiary/aromatic N) is 2. The Morgan fingerprint density at radius 2 is 1.71 bits per heavy atom. The van der Waals surface area contributed by atoms with Crippen molar-refractivity contribution in [2.45, 2.75) is 38.1 Å². The summed E-state index contributed by atoms with van der Waals surface area (Å²) in [5, 5.41) is 0. The van der Waals surface area contributed by atoms with Crippen LogP contribution in [0.4, 0.5) is 11.4 Å². The summed E-state index contributed by atoms with van der Waals surface area (Å²) < 4.78 is 25.7. The largest absolute Gasteiger partial charge is 0.397 e. The van der Waals surface area contributed by atoms with Gasteiger partial charge in [-0.25, -0.2) is 12.7 Å². The summed E-state index contributed by atoms with van der Waals surface area (Å²) >= 11 is 0. The topological polar surface area (TPSA) is 66.6 Å². The molecule has 0 aromatic heterocycles. The van der Waals surface area contributed by atoms with Gasteiger partial charge in [0.1, 0.15) is 0 Å². The maximum atomic E-state index is 12.2. The number of hydrogen-bond donors (Lipinski definition) is 1. The Labute approximate surface area is 128 Å². The maximum Gasteiger partial charge on any atom is 0.242 e. The fourth-order valence-electron chi connectivity index (χ4n) is 2.28. The molecule has 0 radical (unpaired) electrons. The minimum Gasteiger partial charge on any atom is -0.397 e. The van der Waals surface area contributed by atoms with E-state index in [0.29, 0.717) is 11.6 Å². The van der Waals surface area contributed by atoms with Gasteiger partial charge in [0.05, 0.1) is 16.3 Å². The summed E-state index contributed by atoms with van der Waals surface area (Å²) in [7, 11) is 1.55. The minimum absolute atomic E-state index is 0.264. The van der Waals surface area contributed by atoms with Gasteiger partial charge < -0.3 is 10.6 Å². The highest BCUT2D eigenvalue weighted by Crippen LogP contribution is 2.29. The van der Waals surface area contributed by atoms with Gasteiger partial charge in [0.25, 0.3) is 0 Å². The second-order valence-electron chi connectivity index (χ2n) is 6.10. The van der Waals surface area contributed by atoms with Crippen molar-refractivity contribution in [1.82, 2.24) is 4.31 Å². The third kappa shape index (κ3) is 4.11. The van der Waals surface area contributed by atoms with E-state index < -0.39 is 10.0 Å². The van der Waals surface area contributed by atoms with E-state index in [9.17, 15) is 8.42 Å². The van der Waals surface area contributed by atoms with Crippen molar-refractivity contribution in [3.63, 3.8) is 0 Å². The summed E-state index contributed by atoms with van der Waals surface area (Å²) in [4.78, 5) is 2.31. The number of sulfonamides is 1. The number of rotatable bonds is 6. The van der Waals surface area contributed by atoms with Crippen LogP contribution in [0.5, 0.6) is 0 Å². The molecular formula is C15H27N3O2S. The lowest BCUT2D eigenvalue weighted by Crippen LogP contribution is -2.31. The quantitative estimate of drug-likeness (QED) is 0.819. The van der Waals surface area contributed by atoms with E-state index in [1.807, 2.05) is 11.9 Å². The molecule has 6 heteroatoms. The van der Waals surface area contributed by atoms with Crippen molar-refractivity contribution >= 4 is 21.4 Å². The van der Waals surface area contributed by atoms with Crippen LogP contribution < -0.4 is 10.6 Å². The molecule has 0 heterocycles. The van der Waals surface area contributed by atoms with Crippen molar-refractivity contribution < 1.29 is 8.42 Å². The van der Waals surface area contributed by atoms with Gasteiger partial charge in [-0.2, -0.15) is 0 Å². The molecule has 1 rings (SSSR count). The maximum absolute atomic E-state index is 12.2. The van der Waals surface area contributed by atoms with E-state index in [-0.39, 0.29) is 10.9 Å². The number of hydrogen-bond acceptors (Lipinski definition) is 4. The molecule has 120 valence electrons. The van der Waals surface area contributed by atoms with Crippen molar-refractivity contribution in [3.8, 4) is 0 Å². The smallest absolute Gasteiger partial charge is 0.242 e. The van der Waals surface area contributed by atoms with Crippen LogP contribution >= 0.6 is 0 Å². The molecule has 0 saturated heterocycles. The van der Waals surface area contributed by atoms with Gasteiger partial charge >= 0.3 is 0 Å². The Balaban J connectivity index is 3.20. The van der Waals surface area contributed by atoms with Gasteiger partial charge in [-0.05, 0) is 37.5 Å². The van der Waals surface area contributed by atoms with E-state index in [4.69, 9.17) is 5.73 Å². The van der Waals surface area contributed by atoms with Crippen molar-refractivity contribution in [3.05, 3.63) is 18.2 Å². The van der Waals surface area contributed by atoms with Gasteiger partial charge in [0, 0.05) is 27.2 Å². The molecule has 1 unspecified atom stereocenters. The van der Waals surface area contributed by atoms with Crippen LogP contribution in [0.2, 0.25) is 0 Å². The van der Waals surface area contributed by atoms with E-state index in [0.717, 1.165) is 12.1 Å². The number of anilines is 2. The molecule has 0 fully saturated rings. The van der Waals surface area contributed by atoms with Crippen molar-refractivity contribution in [2.75, 3.05) is 31.8 Å². The van der Waals surface area contributed by atoms with Crippen LogP contribution in [0.15, 0.2) is 23.1 Å². The summed E-state index contributed by atoms with van der Waals surface area (Å²) in [6.45, 7) is 6.45. The highest BCUT2D eigenvalue weighted by Gasteiger charge is 2.21. The van der Waals surface area contributed by atoms with Crippen LogP contribution in [0, 0.1) is 5.92 Å². The normalized spacial score (nSPS) is 13.7. The van der Waals surface area contributed by atoms with Crippen molar-refractivity contribution in [2.24, 2.45) is 5.92 Å². The van der Waals surface area contributed by atoms with E-state index in [1.165, 1.54) is 18.4 Å². The Morgan fingerprint density at radius 1 is 1.14 bits per heavy atom. The third-order valence-electron chi connectivity index (χ3n) is 3.63. The van der Waals surface area contributed by atoms with Crippen LogP contribution in [0.25, 0.3) is 0 Å². The molecule has 1 aromatic rings. The lowest BCUT2D eigenvalue weighted by atomic mass is 10.0. The fourth-order valence-corrected chi connectivity index (χ4v) is 3.20. The summed E-state index contributed by atoms with van der Waals surface area (Å²) in [5.74, 6) is 0.567. The van der Waals surface area contributed by atoms with Crippen LogP contribution in [0.3, 0.4) is 0 Å². The number of benzene rings is 1.